The molecule has 2 N–H and O–H groups in total. The third-order valence-electron chi connectivity index (χ3n) is 3.13. The number of nitrogens with two attached hydrogens (primary N) is 1. The summed E-state index contributed by atoms with van der Waals surface area (Å²) in [5, 5.41) is 0. The highest BCUT2D eigenvalue weighted by atomic mass is 16.5. The Morgan fingerprint density at radius 1 is 1.47 bits per heavy atom. The first-order valence-corrected chi connectivity index (χ1v) is 6.10. The molecule has 0 amide bonds. The van der Waals surface area contributed by atoms with Crippen molar-refractivity contribution in [3.05, 3.63) is 41.3 Å². The average molecular weight is 259 g/mol. The number of carbonyl (C=O) groups excluding carboxylic acids is 1. The monoisotopic (exact) mass is 259 g/mol. The van der Waals surface area contributed by atoms with E-state index in [2.05, 4.69) is 16.6 Å². The lowest BCUT2D eigenvalue weighted by Crippen LogP contribution is -2.09. The van der Waals surface area contributed by atoms with Crippen molar-refractivity contribution in [1.29, 1.82) is 0 Å². The lowest BCUT2D eigenvalue weighted by atomic mass is 10.1. The number of imidazole rings is 1. The molecule has 1 heterocycles. The van der Waals surface area contributed by atoms with Crippen molar-refractivity contribution >= 4 is 11.8 Å². The van der Waals surface area contributed by atoms with Crippen LogP contribution >= 0.6 is 0 Å². The van der Waals surface area contributed by atoms with E-state index in [-0.39, 0.29) is 5.69 Å². The van der Waals surface area contributed by atoms with E-state index in [0.717, 1.165) is 23.2 Å². The van der Waals surface area contributed by atoms with Crippen molar-refractivity contribution in [3.63, 3.8) is 0 Å². The summed E-state index contributed by atoms with van der Waals surface area (Å²) in [5.41, 5.74) is 9.36. The zero-order chi connectivity index (χ0) is 14.0. The lowest BCUT2D eigenvalue weighted by Gasteiger charge is -2.13. The van der Waals surface area contributed by atoms with Crippen LogP contribution in [-0.2, 0) is 11.2 Å². The van der Waals surface area contributed by atoms with Crippen molar-refractivity contribution < 1.29 is 9.53 Å². The quantitative estimate of drug-likeness (QED) is 0.857. The molecule has 2 rings (SSSR count). The molecule has 0 aliphatic carbocycles. The summed E-state index contributed by atoms with van der Waals surface area (Å²) in [6.45, 7) is 4.08. The van der Waals surface area contributed by atoms with E-state index in [1.807, 2.05) is 25.1 Å². The number of ether oxygens (including phenoxy) is 1. The first-order valence-electron chi connectivity index (χ1n) is 6.10. The van der Waals surface area contributed by atoms with Crippen LogP contribution in [0.25, 0.3) is 5.69 Å². The normalized spacial score (nSPS) is 10.5. The zero-order valence-corrected chi connectivity index (χ0v) is 11.3. The molecule has 0 saturated heterocycles. The average Bonchev–Trinajstić information content (AvgIpc) is 2.79. The van der Waals surface area contributed by atoms with E-state index in [0.29, 0.717) is 5.82 Å². The SMILES string of the molecule is CCc1cccc(C)c1-n1cnc(C(=O)OC)c1N. The molecule has 1 aromatic carbocycles. The van der Waals surface area contributed by atoms with Gasteiger partial charge in [-0.05, 0) is 24.5 Å². The first kappa shape index (κ1) is 13.1. The second-order valence-electron chi connectivity index (χ2n) is 4.28. The van der Waals surface area contributed by atoms with E-state index in [9.17, 15) is 4.79 Å². The first-order chi connectivity index (χ1) is 9.10. The predicted molar refractivity (Wildman–Crippen MR) is 73.4 cm³/mol. The Balaban J connectivity index is 2.61. The molecule has 0 aliphatic rings. The number of aryl methyl sites for hydroxylation is 2. The molecule has 2 aromatic rings. The molecule has 0 fully saturated rings. The number of nitrogens with zero attached hydrogens (tertiary/aromatic N) is 2. The molecular formula is C14H17N3O2. The fourth-order valence-electron chi connectivity index (χ4n) is 2.14. The number of aromatic nitrogens is 2. The fraction of sp³-hybridized carbons (Fsp3) is 0.286. The van der Waals surface area contributed by atoms with Crippen LogP contribution < -0.4 is 5.73 Å². The third-order valence-corrected chi connectivity index (χ3v) is 3.13. The van der Waals surface area contributed by atoms with Gasteiger partial charge in [0.05, 0.1) is 12.8 Å². The molecule has 0 radical (unpaired) electrons. The van der Waals surface area contributed by atoms with Crippen LogP contribution in [0, 0.1) is 6.92 Å². The highest BCUT2D eigenvalue weighted by Gasteiger charge is 2.18. The maximum atomic E-state index is 11.5. The zero-order valence-electron chi connectivity index (χ0n) is 11.3. The summed E-state index contributed by atoms with van der Waals surface area (Å²) >= 11 is 0. The Morgan fingerprint density at radius 3 is 2.84 bits per heavy atom. The highest BCUT2D eigenvalue weighted by molar-refractivity contribution is 5.92. The van der Waals surface area contributed by atoms with Gasteiger partial charge in [0.1, 0.15) is 12.1 Å². The molecule has 0 bridgehead atoms. The van der Waals surface area contributed by atoms with E-state index in [4.69, 9.17) is 5.73 Å². The predicted octanol–water partition coefficient (Wildman–Crippen LogP) is 2.11. The molecule has 1 aromatic heterocycles. The molecule has 5 heteroatoms. The van der Waals surface area contributed by atoms with E-state index in [1.165, 1.54) is 7.11 Å². The summed E-state index contributed by atoms with van der Waals surface area (Å²) < 4.78 is 6.39. The maximum absolute atomic E-state index is 11.5. The van der Waals surface area contributed by atoms with Crippen molar-refractivity contribution in [2.75, 3.05) is 12.8 Å². The fourth-order valence-corrected chi connectivity index (χ4v) is 2.14. The molecule has 5 nitrogen and oxygen atoms in total. The second kappa shape index (κ2) is 5.14. The number of benzene rings is 1. The number of hydrogen-bond acceptors (Lipinski definition) is 4. The molecule has 19 heavy (non-hydrogen) atoms. The van der Waals surface area contributed by atoms with Crippen molar-refractivity contribution in [1.82, 2.24) is 9.55 Å². The Labute approximate surface area is 112 Å². The largest absolute Gasteiger partial charge is 0.464 e. The van der Waals surface area contributed by atoms with Gasteiger partial charge in [0, 0.05) is 0 Å². The van der Waals surface area contributed by atoms with Crippen molar-refractivity contribution in [3.8, 4) is 5.69 Å². The number of methoxy groups -OCH3 is 1. The number of anilines is 1. The number of rotatable bonds is 3. The maximum Gasteiger partial charge on any atom is 0.360 e. The number of hydrogen-bond donors (Lipinski definition) is 1. The minimum Gasteiger partial charge on any atom is -0.464 e. The minimum atomic E-state index is -0.525. The Morgan fingerprint density at radius 2 is 2.21 bits per heavy atom. The topological polar surface area (TPSA) is 70.1 Å². The van der Waals surface area contributed by atoms with Gasteiger partial charge in [0.25, 0.3) is 0 Å². The number of carbonyl (C=O) groups is 1. The van der Waals surface area contributed by atoms with Gasteiger partial charge in [-0.1, -0.05) is 25.1 Å². The summed E-state index contributed by atoms with van der Waals surface area (Å²) in [7, 11) is 1.31. The van der Waals surface area contributed by atoms with E-state index >= 15 is 0 Å². The van der Waals surface area contributed by atoms with Gasteiger partial charge < -0.3 is 10.5 Å². The molecule has 0 atom stereocenters. The Kier molecular flexibility index (Phi) is 3.55. The van der Waals surface area contributed by atoms with Crippen molar-refractivity contribution in [2.24, 2.45) is 0 Å². The van der Waals surface area contributed by atoms with E-state index in [1.54, 1.807) is 10.9 Å². The molecule has 100 valence electrons. The van der Waals surface area contributed by atoms with Gasteiger partial charge in [0.2, 0.25) is 0 Å². The van der Waals surface area contributed by atoms with Crippen LogP contribution in [0.15, 0.2) is 24.5 Å². The van der Waals surface area contributed by atoms with Crippen LogP contribution in [0.2, 0.25) is 0 Å². The smallest absolute Gasteiger partial charge is 0.360 e. The van der Waals surface area contributed by atoms with Gasteiger partial charge >= 0.3 is 5.97 Å². The van der Waals surface area contributed by atoms with Crippen molar-refractivity contribution in [2.45, 2.75) is 20.3 Å². The van der Waals surface area contributed by atoms with E-state index < -0.39 is 5.97 Å². The minimum absolute atomic E-state index is 0.146. The lowest BCUT2D eigenvalue weighted by molar-refractivity contribution is 0.0596. The molecule has 0 aliphatic heterocycles. The van der Waals surface area contributed by atoms with Crippen LogP contribution in [0.4, 0.5) is 5.82 Å². The van der Waals surface area contributed by atoms with Gasteiger partial charge in [-0.3, -0.25) is 4.57 Å². The third kappa shape index (κ3) is 2.19. The number of para-hydroxylation sites is 1. The number of esters is 1. The molecule has 0 spiro atoms. The molecule has 0 unspecified atom stereocenters. The molecular weight excluding hydrogens is 242 g/mol. The van der Waals surface area contributed by atoms with Crippen LogP contribution in [0.5, 0.6) is 0 Å². The summed E-state index contributed by atoms with van der Waals surface area (Å²) in [6, 6.07) is 6.05. The van der Waals surface area contributed by atoms with Gasteiger partial charge in [0.15, 0.2) is 5.69 Å². The molecule has 0 saturated carbocycles. The number of nitrogen functional groups attached to an aromatic ring is 1. The Bertz CT molecular complexity index is 617. The highest BCUT2D eigenvalue weighted by Crippen LogP contribution is 2.24. The second-order valence-corrected chi connectivity index (χ2v) is 4.28. The summed E-state index contributed by atoms with van der Waals surface area (Å²) in [5.74, 6) is -0.223. The standard InChI is InChI=1S/C14H17N3O2/c1-4-10-7-5-6-9(2)12(10)17-8-16-11(13(17)15)14(18)19-3/h5-8H,4,15H2,1-3H3. The van der Waals surface area contributed by atoms with Crippen LogP contribution in [-0.4, -0.2) is 22.6 Å². The summed E-state index contributed by atoms with van der Waals surface area (Å²) in [4.78, 5) is 15.6. The van der Waals surface area contributed by atoms with Gasteiger partial charge in [-0.2, -0.15) is 0 Å². The summed E-state index contributed by atoms with van der Waals surface area (Å²) in [6.07, 6.45) is 2.44. The van der Waals surface area contributed by atoms with Gasteiger partial charge in [-0.15, -0.1) is 0 Å². The van der Waals surface area contributed by atoms with Gasteiger partial charge in [-0.25, -0.2) is 9.78 Å². The Hall–Kier alpha value is -2.30. The van der Waals surface area contributed by atoms with Crippen LogP contribution in [0.3, 0.4) is 0 Å². The van der Waals surface area contributed by atoms with Crippen LogP contribution in [0.1, 0.15) is 28.5 Å².